The van der Waals surface area contributed by atoms with Crippen molar-refractivity contribution in [1.82, 2.24) is 0 Å². The highest BCUT2D eigenvalue weighted by Gasteiger charge is 2.67. The minimum atomic E-state index is -4.51. The van der Waals surface area contributed by atoms with E-state index in [2.05, 4.69) is 0 Å². The number of hydrogen-bond donors (Lipinski definition) is 0. The van der Waals surface area contributed by atoms with Crippen molar-refractivity contribution in [2.45, 2.75) is 19.5 Å². The van der Waals surface area contributed by atoms with Crippen LogP contribution < -0.4 is 4.90 Å². The Morgan fingerprint density at radius 2 is 1.96 bits per heavy atom. The highest BCUT2D eigenvalue weighted by molar-refractivity contribution is 6.24. The standard InChI is InChI=1S/C17H14F3NO2/c1-16-10-6-5-9(7-10)13(16)14(22)21(15(16)23)12-4-2-3-11(8-12)17(18,19)20/h2-6,8-10,13H,7H2,1H3/t9-,10-,13-,16+/m0/s1. The number of imide groups is 1. The van der Waals surface area contributed by atoms with Crippen LogP contribution in [0.25, 0.3) is 0 Å². The first-order chi connectivity index (χ1) is 10.7. The smallest absolute Gasteiger partial charge is 0.274 e. The number of hydrogen-bond acceptors (Lipinski definition) is 2. The Hall–Kier alpha value is -2.11. The lowest BCUT2D eigenvalue weighted by atomic mass is 9.71. The van der Waals surface area contributed by atoms with E-state index in [-0.39, 0.29) is 29.3 Å². The molecule has 1 saturated heterocycles. The van der Waals surface area contributed by atoms with Crippen molar-refractivity contribution in [1.29, 1.82) is 0 Å². The lowest BCUT2D eigenvalue weighted by molar-refractivity contribution is -0.137. The van der Waals surface area contributed by atoms with Crippen LogP contribution in [-0.2, 0) is 15.8 Å². The number of rotatable bonds is 1. The molecule has 2 aliphatic carbocycles. The van der Waals surface area contributed by atoms with Crippen LogP contribution in [0, 0.1) is 23.2 Å². The predicted molar refractivity (Wildman–Crippen MR) is 76.3 cm³/mol. The largest absolute Gasteiger partial charge is 0.416 e. The Bertz CT molecular complexity index is 754. The molecule has 1 heterocycles. The number of carbonyl (C=O) groups excluding carboxylic acids is 2. The van der Waals surface area contributed by atoms with E-state index in [1.807, 2.05) is 12.2 Å². The van der Waals surface area contributed by atoms with E-state index in [0.717, 1.165) is 23.5 Å². The Labute approximate surface area is 130 Å². The first-order valence-corrected chi connectivity index (χ1v) is 7.48. The molecule has 120 valence electrons. The van der Waals surface area contributed by atoms with Crippen molar-refractivity contribution in [2.75, 3.05) is 4.90 Å². The van der Waals surface area contributed by atoms with Crippen LogP contribution >= 0.6 is 0 Å². The number of carbonyl (C=O) groups is 2. The molecule has 4 atom stereocenters. The summed E-state index contributed by atoms with van der Waals surface area (Å²) in [4.78, 5) is 26.6. The molecular weight excluding hydrogens is 307 g/mol. The predicted octanol–water partition coefficient (Wildman–Crippen LogP) is 3.41. The average molecular weight is 321 g/mol. The SMILES string of the molecule is C[C@]12C(=O)N(c3cccc(C(F)(F)F)c3)C(=O)[C@@H]1[C@H]1C=C[C@H]2C1. The first-order valence-electron chi connectivity index (χ1n) is 7.48. The molecule has 2 fully saturated rings. The van der Waals surface area contributed by atoms with Crippen molar-refractivity contribution >= 4 is 17.5 Å². The minimum Gasteiger partial charge on any atom is -0.274 e. The van der Waals surface area contributed by atoms with Gasteiger partial charge in [0.25, 0.3) is 0 Å². The van der Waals surface area contributed by atoms with Gasteiger partial charge in [0.15, 0.2) is 0 Å². The third-order valence-corrected chi connectivity index (χ3v) is 5.54. The summed E-state index contributed by atoms with van der Waals surface area (Å²) in [6.07, 6.45) is 0.178. The molecule has 0 N–H and O–H groups in total. The van der Waals surface area contributed by atoms with Gasteiger partial charge in [-0.15, -0.1) is 0 Å². The summed E-state index contributed by atoms with van der Waals surface area (Å²) in [5.41, 5.74) is -1.69. The zero-order valence-electron chi connectivity index (χ0n) is 12.3. The number of anilines is 1. The second-order valence-electron chi connectivity index (χ2n) is 6.68. The Kier molecular flexibility index (Phi) is 2.67. The zero-order chi connectivity index (χ0) is 16.6. The van der Waals surface area contributed by atoms with Crippen LogP contribution in [0.2, 0.25) is 0 Å². The van der Waals surface area contributed by atoms with Gasteiger partial charge in [0.2, 0.25) is 11.8 Å². The Balaban J connectivity index is 1.78. The molecule has 3 nitrogen and oxygen atoms in total. The monoisotopic (exact) mass is 321 g/mol. The van der Waals surface area contributed by atoms with E-state index in [9.17, 15) is 22.8 Å². The maximum Gasteiger partial charge on any atom is 0.416 e. The molecule has 23 heavy (non-hydrogen) atoms. The van der Waals surface area contributed by atoms with Gasteiger partial charge < -0.3 is 0 Å². The average Bonchev–Trinajstić information content (AvgIpc) is 3.11. The lowest BCUT2D eigenvalue weighted by Crippen LogP contribution is -2.37. The molecule has 1 aromatic rings. The van der Waals surface area contributed by atoms with Gasteiger partial charge in [0, 0.05) is 0 Å². The molecule has 1 aliphatic heterocycles. The van der Waals surface area contributed by atoms with Crippen LogP contribution in [0.1, 0.15) is 18.9 Å². The van der Waals surface area contributed by atoms with Crippen molar-refractivity contribution in [2.24, 2.45) is 23.2 Å². The van der Waals surface area contributed by atoms with Gasteiger partial charge in [-0.3, -0.25) is 9.59 Å². The lowest BCUT2D eigenvalue weighted by Gasteiger charge is -2.28. The van der Waals surface area contributed by atoms with Crippen LogP contribution in [0.3, 0.4) is 0 Å². The summed E-state index contributed by atoms with van der Waals surface area (Å²) in [5, 5.41) is 0. The number of amides is 2. The normalized spacial score (nSPS) is 35.3. The summed E-state index contributed by atoms with van der Waals surface area (Å²) in [6.45, 7) is 1.76. The van der Waals surface area contributed by atoms with E-state index in [1.54, 1.807) is 6.92 Å². The molecule has 6 heteroatoms. The van der Waals surface area contributed by atoms with Gasteiger partial charge in [-0.05, 0) is 43.4 Å². The van der Waals surface area contributed by atoms with Crippen LogP contribution in [0.4, 0.5) is 18.9 Å². The van der Waals surface area contributed by atoms with Crippen LogP contribution in [0.5, 0.6) is 0 Å². The van der Waals surface area contributed by atoms with Gasteiger partial charge in [-0.2, -0.15) is 13.2 Å². The number of benzene rings is 1. The molecule has 0 aromatic heterocycles. The van der Waals surface area contributed by atoms with Gasteiger partial charge in [0.05, 0.1) is 22.6 Å². The van der Waals surface area contributed by atoms with E-state index in [1.165, 1.54) is 12.1 Å². The number of allylic oxidation sites excluding steroid dienone is 2. The third-order valence-electron chi connectivity index (χ3n) is 5.54. The Morgan fingerprint density at radius 3 is 2.61 bits per heavy atom. The number of fused-ring (bicyclic) bond motifs is 5. The second-order valence-corrected chi connectivity index (χ2v) is 6.68. The van der Waals surface area contributed by atoms with Gasteiger partial charge in [-0.1, -0.05) is 18.2 Å². The molecular formula is C17H14F3NO2. The maximum absolute atomic E-state index is 12.9. The summed E-state index contributed by atoms with van der Waals surface area (Å²) in [6, 6.07) is 4.41. The first kappa shape index (κ1) is 14.5. The molecule has 3 aliphatic rings. The van der Waals surface area contributed by atoms with E-state index in [4.69, 9.17) is 0 Å². The Morgan fingerprint density at radius 1 is 1.22 bits per heavy atom. The number of nitrogens with zero attached hydrogens (tertiary/aromatic N) is 1. The van der Waals surface area contributed by atoms with E-state index >= 15 is 0 Å². The second kappa shape index (κ2) is 4.24. The molecule has 2 amide bonds. The van der Waals surface area contributed by atoms with Crippen molar-refractivity contribution < 1.29 is 22.8 Å². The van der Waals surface area contributed by atoms with Crippen molar-refractivity contribution in [3.8, 4) is 0 Å². The topological polar surface area (TPSA) is 37.4 Å². The fraction of sp³-hybridized carbons (Fsp3) is 0.412. The summed E-state index contributed by atoms with van der Waals surface area (Å²) >= 11 is 0. The quantitative estimate of drug-likeness (QED) is 0.587. The van der Waals surface area contributed by atoms with Crippen LogP contribution in [0.15, 0.2) is 36.4 Å². The van der Waals surface area contributed by atoms with Gasteiger partial charge in [0.1, 0.15) is 0 Å². The maximum atomic E-state index is 12.9. The summed E-state index contributed by atoms with van der Waals surface area (Å²) in [5.74, 6) is -1.22. The summed E-state index contributed by atoms with van der Waals surface area (Å²) < 4.78 is 38.7. The third kappa shape index (κ3) is 1.72. The fourth-order valence-electron chi connectivity index (χ4n) is 4.37. The van der Waals surface area contributed by atoms with E-state index < -0.39 is 23.1 Å². The fourth-order valence-corrected chi connectivity index (χ4v) is 4.37. The molecule has 4 rings (SSSR count). The van der Waals surface area contributed by atoms with Gasteiger partial charge in [-0.25, -0.2) is 4.90 Å². The minimum absolute atomic E-state index is 0.00449. The van der Waals surface area contributed by atoms with Crippen LogP contribution in [-0.4, -0.2) is 11.8 Å². The molecule has 0 radical (unpaired) electrons. The molecule has 1 aromatic carbocycles. The molecule has 2 bridgehead atoms. The van der Waals surface area contributed by atoms with E-state index in [0.29, 0.717) is 0 Å². The highest BCUT2D eigenvalue weighted by Crippen LogP contribution is 2.60. The summed E-state index contributed by atoms with van der Waals surface area (Å²) in [7, 11) is 0. The molecule has 0 unspecified atom stereocenters. The zero-order valence-corrected chi connectivity index (χ0v) is 12.3. The highest BCUT2D eigenvalue weighted by atomic mass is 19.4. The van der Waals surface area contributed by atoms with Gasteiger partial charge >= 0.3 is 6.18 Å². The van der Waals surface area contributed by atoms with Crippen molar-refractivity contribution in [3.05, 3.63) is 42.0 Å². The molecule has 1 saturated carbocycles. The number of halogens is 3. The number of alkyl halides is 3. The molecule has 0 spiro atoms. The van der Waals surface area contributed by atoms with Crippen molar-refractivity contribution in [3.63, 3.8) is 0 Å².